The fourth-order valence-corrected chi connectivity index (χ4v) is 2.13. The van der Waals surface area contributed by atoms with E-state index in [1.54, 1.807) is 37.4 Å². The van der Waals surface area contributed by atoms with Gasteiger partial charge in [-0.1, -0.05) is 29.8 Å². The molecule has 0 saturated carbocycles. The molecule has 96 valence electrons. The first-order valence-electron chi connectivity index (χ1n) is 5.65. The molecule has 2 aromatic carbocycles. The molecule has 2 aromatic rings. The number of nitrogens with zero attached hydrogens (tertiary/aromatic N) is 1. The molecule has 2 rings (SSSR count). The van der Waals surface area contributed by atoms with Gasteiger partial charge in [0.25, 0.3) is 0 Å². The smallest absolute Gasteiger partial charge is 0.142 e. The van der Waals surface area contributed by atoms with Gasteiger partial charge in [0.2, 0.25) is 0 Å². The van der Waals surface area contributed by atoms with Gasteiger partial charge < -0.3 is 4.74 Å². The van der Waals surface area contributed by atoms with Crippen LogP contribution in [0.2, 0.25) is 5.02 Å². The van der Waals surface area contributed by atoms with Crippen molar-refractivity contribution in [3.05, 3.63) is 52.8 Å². The molecule has 0 saturated heterocycles. The Labute approximate surface area is 116 Å². The Morgan fingerprint density at radius 2 is 2.11 bits per heavy atom. The molecule has 0 aromatic heterocycles. The van der Waals surface area contributed by atoms with Crippen molar-refractivity contribution in [3.8, 4) is 22.9 Å². The maximum absolute atomic E-state index is 13.4. The SMILES string of the molecule is COc1ccc(-c2cccc(F)c2Cl)cc1CC#N. The fraction of sp³-hybridized carbons (Fsp3) is 0.133. The molecule has 0 aliphatic heterocycles. The van der Waals surface area contributed by atoms with Crippen molar-refractivity contribution < 1.29 is 9.13 Å². The number of hydrogen-bond donors (Lipinski definition) is 0. The molecule has 0 aliphatic carbocycles. The van der Waals surface area contributed by atoms with Crippen molar-refractivity contribution in [3.63, 3.8) is 0 Å². The van der Waals surface area contributed by atoms with Gasteiger partial charge in [-0.3, -0.25) is 0 Å². The monoisotopic (exact) mass is 275 g/mol. The third-order valence-corrected chi connectivity index (χ3v) is 3.20. The minimum atomic E-state index is -0.461. The van der Waals surface area contributed by atoms with Gasteiger partial charge in [-0.25, -0.2) is 4.39 Å². The first kappa shape index (κ1) is 13.4. The Bertz CT molecular complexity index is 649. The third kappa shape index (κ3) is 2.69. The molecular formula is C15H11ClFNO. The van der Waals surface area contributed by atoms with Crippen molar-refractivity contribution in [1.29, 1.82) is 5.26 Å². The zero-order chi connectivity index (χ0) is 13.8. The van der Waals surface area contributed by atoms with Crippen molar-refractivity contribution in [2.45, 2.75) is 6.42 Å². The zero-order valence-electron chi connectivity index (χ0n) is 10.3. The minimum Gasteiger partial charge on any atom is -0.496 e. The minimum absolute atomic E-state index is 0.0792. The predicted octanol–water partition coefficient (Wildman–Crippen LogP) is 4.22. The Balaban J connectivity index is 2.54. The van der Waals surface area contributed by atoms with Crippen molar-refractivity contribution >= 4 is 11.6 Å². The van der Waals surface area contributed by atoms with Crippen LogP contribution in [0.15, 0.2) is 36.4 Å². The maximum Gasteiger partial charge on any atom is 0.142 e. The van der Waals surface area contributed by atoms with Crippen LogP contribution in [0.4, 0.5) is 4.39 Å². The van der Waals surface area contributed by atoms with E-state index in [9.17, 15) is 4.39 Å². The average molecular weight is 276 g/mol. The summed E-state index contributed by atoms with van der Waals surface area (Å²) < 4.78 is 18.6. The second kappa shape index (κ2) is 5.73. The van der Waals surface area contributed by atoms with Crippen LogP contribution >= 0.6 is 11.6 Å². The van der Waals surface area contributed by atoms with Gasteiger partial charge in [-0.2, -0.15) is 5.26 Å². The zero-order valence-corrected chi connectivity index (χ0v) is 11.0. The Morgan fingerprint density at radius 3 is 2.79 bits per heavy atom. The largest absolute Gasteiger partial charge is 0.496 e. The van der Waals surface area contributed by atoms with Crippen molar-refractivity contribution in [2.75, 3.05) is 7.11 Å². The second-order valence-corrected chi connectivity index (χ2v) is 4.34. The lowest BCUT2D eigenvalue weighted by Gasteiger charge is -2.10. The van der Waals surface area contributed by atoms with Gasteiger partial charge >= 0.3 is 0 Å². The summed E-state index contributed by atoms with van der Waals surface area (Å²) in [6, 6.07) is 12.1. The number of rotatable bonds is 3. The van der Waals surface area contributed by atoms with E-state index in [1.165, 1.54) is 6.07 Å². The summed E-state index contributed by atoms with van der Waals surface area (Å²) in [5.74, 6) is 0.176. The molecule has 0 fully saturated rings. The number of halogens is 2. The Hall–Kier alpha value is -2.05. The third-order valence-electron chi connectivity index (χ3n) is 2.81. The number of hydrogen-bond acceptors (Lipinski definition) is 2. The first-order chi connectivity index (χ1) is 9.17. The molecular weight excluding hydrogens is 265 g/mol. The molecule has 0 bridgehead atoms. The van der Waals surface area contributed by atoms with Crippen LogP contribution in [-0.4, -0.2) is 7.11 Å². The van der Waals surface area contributed by atoms with E-state index in [4.69, 9.17) is 21.6 Å². The van der Waals surface area contributed by atoms with Crippen LogP contribution in [0.5, 0.6) is 5.75 Å². The van der Waals surface area contributed by atoms with Gasteiger partial charge in [0, 0.05) is 11.1 Å². The van der Waals surface area contributed by atoms with Crippen LogP contribution in [0.3, 0.4) is 0 Å². The molecule has 0 aliphatic rings. The lowest BCUT2D eigenvalue weighted by Crippen LogP contribution is -1.92. The van der Waals surface area contributed by atoms with Gasteiger partial charge in [0.15, 0.2) is 0 Å². The topological polar surface area (TPSA) is 33.0 Å². The molecule has 0 amide bonds. The molecule has 0 N–H and O–H groups in total. The number of methoxy groups -OCH3 is 1. The van der Waals surface area contributed by atoms with E-state index in [-0.39, 0.29) is 11.4 Å². The molecule has 0 radical (unpaired) electrons. The first-order valence-corrected chi connectivity index (χ1v) is 6.03. The highest BCUT2D eigenvalue weighted by Gasteiger charge is 2.10. The van der Waals surface area contributed by atoms with E-state index in [0.717, 1.165) is 11.1 Å². The standard InChI is InChI=1S/C15H11ClFNO/c1-19-14-6-5-10(9-11(14)7-8-18)12-3-2-4-13(17)15(12)16/h2-6,9H,7H2,1H3. The summed E-state index contributed by atoms with van der Waals surface area (Å²) in [5.41, 5.74) is 2.11. The Morgan fingerprint density at radius 1 is 1.32 bits per heavy atom. The highest BCUT2D eigenvalue weighted by molar-refractivity contribution is 6.33. The van der Waals surface area contributed by atoms with Crippen molar-refractivity contribution in [2.24, 2.45) is 0 Å². The quantitative estimate of drug-likeness (QED) is 0.840. The number of ether oxygens (including phenoxy) is 1. The highest BCUT2D eigenvalue weighted by atomic mass is 35.5. The number of nitriles is 1. The second-order valence-electron chi connectivity index (χ2n) is 3.96. The molecule has 19 heavy (non-hydrogen) atoms. The van der Waals surface area contributed by atoms with Crippen LogP contribution in [-0.2, 0) is 6.42 Å². The van der Waals surface area contributed by atoms with Crippen LogP contribution < -0.4 is 4.74 Å². The van der Waals surface area contributed by atoms with Crippen molar-refractivity contribution in [1.82, 2.24) is 0 Å². The summed E-state index contributed by atoms with van der Waals surface area (Å²) in [6.45, 7) is 0. The van der Waals surface area contributed by atoms with E-state index < -0.39 is 5.82 Å². The lowest BCUT2D eigenvalue weighted by molar-refractivity contribution is 0.411. The summed E-state index contributed by atoms with van der Waals surface area (Å²) in [4.78, 5) is 0. The van der Waals surface area contributed by atoms with E-state index in [0.29, 0.717) is 11.3 Å². The normalized spacial score (nSPS) is 10.0. The molecule has 2 nitrogen and oxygen atoms in total. The van der Waals surface area contributed by atoms with E-state index in [2.05, 4.69) is 6.07 Å². The van der Waals surface area contributed by atoms with Crippen LogP contribution in [0, 0.1) is 17.1 Å². The van der Waals surface area contributed by atoms with Crippen LogP contribution in [0.25, 0.3) is 11.1 Å². The molecule has 0 spiro atoms. The molecule has 0 heterocycles. The summed E-state index contributed by atoms with van der Waals surface area (Å²) in [6.07, 6.45) is 0.226. The summed E-state index contributed by atoms with van der Waals surface area (Å²) >= 11 is 5.96. The molecule has 0 unspecified atom stereocenters. The van der Waals surface area contributed by atoms with E-state index >= 15 is 0 Å². The van der Waals surface area contributed by atoms with Gasteiger partial charge in [0.1, 0.15) is 11.6 Å². The van der Waals surface area contributed by atoms with Gasteiger partial charge in [0.05, 0.1) is 24.6 Å². The van der Waals surface area contributed by atoms with E-state index in [1.807, 2.05) is 0 Å². The lowest BCUT2D eigenvalue weighted by atomic mass is 10.0. The van der Waals surface area contributed by atoms with Gasteiger partial charge in [-0.15, -0.1) is 0 Å². The fourth-order valence-electron chi connectivity index (χ4n) is 1.90. The maximum atomic E-state index is 13.4. The predicted molar refractivity (Wildman–Crippen MR) is 72.7 cm³/mol. The summed E-state index contributed by atoms with van der Waals surface area (Å²) in [7, 11) is 1.55. The molecule has 0 atom stereocenters. The molecule has 4 heteroatoms. The highest BCUT2D eigenvalue weighted by Crippen LogP contribution is 2.32. The average Bonchev–Trinajstić information content (AvgIpc) is 2.42. The Kier molecular flexibility index (Phi) is 4.03. The summed E-state index contributed by atoms with van der Waals surface area (Å²) in [5, 5.41) is 8.89. The number of benzene rings is 2. The van der Waals surface area contributed by atoms with Gasteiger partial charge in [-0.05, 0) is 23.8 Å². The van der Waals surface area contributed by atoms with Crippen LogP contribution in [0.1, 0.15) is 5.56 Å².